The molecule has 1 rings (SSSR count). The van der Waals surface area contributed by atoms with Crippen molar-refractivity contribution < 1.29 is 28.9 Å². The van der Waals surface area contributed by atoms with Crippen LogP contribution in [0.25, 0.3) is 0 Å². The van der Waals surface area contributed by atoms with Crippen molar-refractivity contribution >= 4 is 5.97 Å². The van der Waals surface area contributed by atoms with Gasteiger partial charge in [0.1, 0.15) is 6.10 Å². The Labute approximate surface area is 89.8 Å². The maximum atomic E-state index is 12.2. The number of hydrogen-bond donors (Lipinski definition) is 3. The number of aliphatic carboxylic acids is 1. The normalized spacial score (nSPS) is 14.8. The Morgan fingerprint density at radius 3 is 1.88 bits per heavy atom. The van der Waals surface area contributed by atoms with Gasteiger partial charge in [0.05, 0.1) is 0 Å². The minimum atomic E-state index is -2.63. The first kappa shape index (κ1) is 12.5. The lowest BCUT2D eigenvalue weighted by atomic mass is 10.0. The van der Waals surface area contributed by atoms with Gasteiger partial charge in [-0.1, -0.05) is 24.3 Å². The summed E-state index contributed by atoms with van der Waals surface area (Å²) in [4.78, 5) is 10.4. The molecule has 0 saturated heterocycles. The molecule has 4 nitrogen and oxygen atoms in total. The molecule has 0 bridgehead atoms. The summed E-state index contributed by atoms with van der Waals surface area (Å²) in [7, 11) is 0. The van der Waals surface area contributed by atoms with Crippen LogP contribution in [0.4, 0.5) is 8.78 Å². The van der Waals surface area contributed by atoms with Gasteiger partial charge in [0.2, 0.25) is 0 Å². The molecule has 0 aliphatic heterocycles. The fourth-order valence-electron chi connectivity index (χ4n) is 1.16. The highest BCUT2D eigenvalue weighted by Gasteiger charge is 2.25. The molecule has 0 fully saturated rings. The van der Waals surface area contributed by atoms with Crippen molar-refractivity contribution in [2.24, 2.45) is 0 Å². The molecule has 1 aromatic rings. The molecule has 0 heterocycles. The number of hydrogen-bond acceptors (Lipinski definition) is 3. The monoisotopic (exact) mass is 232 g/mol. The Morgan fingerprint density at radius 2 is 1.50 bits per heavy atom. The largest absolute Gasteiger partial charge is 0.479 e. The quantitative estimate of drug-likeness (QED) is 0.726. The van der Waals surface area contributed by atoms with E-state index in [0.29, 0.717) is 0 Å². The number of benzene rings is 1. The summed E-state index contributed by atoms with van der Waals surface area (Å²) in [6, 6.07) is 4.44. The molecular weight excluding hydrogens is 222 g/mol. The van der Waals surface area contributed by atoms with Crippen LogP contribution in [-0.2, 0) is 4.79 Å². The average Bonchev–Trinajstić information content (AvgIpc) is 2.27. The summed E-state index contributed by atoms with van der Waals surface area (Å²) in [6.45, 7) is 0. The Kier molecular flexibility index (Phi) is 3.92. The number of alkyl halides is 2. The lowest BCUT2D eigenvalue weighted by Crippen LogP contribution is -2.27. The molecule has 0 amide bonds. The van der Waals surface area contributed by atoms with E-state index >= 15 is 0 Å². The van der Waals surface area contributed by atoms with Crippen molar-refractivity contribution in [1.29, 1.82) is 0 Å². The van der Waals surface area contributed by atoms with E-state index in [-0.39, 0.29) is 11.1 Å². The van der Waals surface area contributed by atoms with Crippen LogP contribution in [0, 0.1) is 0 Å². The molecule has 6 heteroatoms. The third kappa shape index (κ3) is 2.74. The zero-order valence-electron chi connectivity index (χ0n) is 8.05. The maximum Gasteiger partial charge on any atom is 0.335 e. The average molecular weight is 232 g/mol. The predicted molar refractivity (Wildman–Crippen MR) is 50.0 cm³/mol. The van der Waals surface area contributed by atoms with E-state index in [4.69, 9.17) is 10.2 Å². The van der Waals surface area contributed by atoms with Crippen molar-refractivity contribution in [3.05, 3.63) is 35.4 Å². The second-order valence-corrected chi connectivity index (χ2v) is 3.20. The minimum absolute atomic E-state index is 0.0688. The summed E-state index contributed by atoms with van der Waals surface area (Å²) in [5, 5.41) is 26.8. The van der Waals surface area contributed by atoms with Gasteiger partial charge in [-0.25, -0.2) is 13.6 Å². The summed E-state index contributed by atoms with van der Waals surface area (Å²) >= 11 is 0. The van der Waals surface area contributed by atoms with E-state index in [1.807, 2.05) is 0 Å². The van der Waals surface area contributed by atoms with Gasteiger partial charge in [-0.15, -0.1) is 0 Å². The third-order valence-electron chi connectivity index (χ3n) is 2.08. The maximum absolute atomic E-state index is 12.2. The molecule has 88 valence electrons. The van der Waals surface area contributed by atoms with Crippen LogP contribution < -0.4 is 0 Å². The first-order valence-electron chi connectivity index (χ1n) is 4.40. The van der Waals surface area contributed by atoms with E-state index in [1.54, 1.807) is 0 Å². The van der Waals surface area contributed by atoms with Gasteiger partial charge >= 0.3 is 5.97 Å². The molecular formula is C10H10F2O4. The minimum Gasteiger partial charge on any atom is -0.479 e. The van der Waals surface area contributed by atoms with Crippen molar-refractivity contribution in [1.82, 2.24) is 0 Å². The lowest BCUT2D eigenvalue weighted by molar-refractivity contribution is -0.153. The van der Waals surface area contributed by atoms with Crippen LogP contribution in [0.3, 0.4) is 0 Å². The summed E-state index contributed by atoms with van der Waals surface area (Å²) < 4.78 is 24.4. The number of rotatable bonds is 4. The molecule has 1 aromatic carbocycles. The van der Waals surface area contributed by atoms with Crippen LogP contribution in [0.15, 0.2) is 24.3 Å². The number of carboxylic acids is 1. The zero-order valence-corrected chi connectivity index (χ0v) is 8.05. The van der Waals surface area contributed by atoms with Crippen LogP contribution in [-0.4, -0.2) is 27.4 Å². The first-order valence-corrected chi connectivity index (χ1v) is 4.40. The van der Waals surface area contributed by atoms with Gasteiger partial charge in [-0.2, -0.15) is 0 Å². The third-order valence-corrected chi connectivity index (χ3v) is 2.08. The second-order valence-electron chi connectivity index (χ2n) is 3.20. The molecule has 16 heavy (non-hydrogen) atoms. The van der Waals surface area contributed by atoms with Gasteiger partial charge < -0.3 is 15.3 Å². The first-order chi connectivity index (χ1) is 7.43. The van der Waals surface area contributed by atoms with Crippen LogP contribution in [0.1, 0.15) is 23.7 Å². The molecule has 0 aromatic heterocycles. The highest BCUT2D eigenvalue weighted by Crippen LogP contribution is 2.22. The Balaban J connectivity index is 2.85. The van der Waals surface area contributed by atoms with Crippen LogP contribution >= 0.6 is 0 Å². The van der Waals surface area contributed by atoms with Crippen molar-refractivity contribution in [2.75, 3.05) is 0 Å². The fraction of sp³-hybridized carbons (Fsp3) is 0.300. The van der Waals surface area contributed by atoms with Crippen LogP contribution in [0.2, 0.25) is 0 Å². The van der Waals surface area contributed by atoms with Gasteiger partial charge in [-0.05, 0) is 5.56 Å². The van der Waals surface area contributed by atoms with Gasteiger partial charge in [0, 0.05) is 5.56 Å². The molecule has 0 spiro atoms. The van der Waals surface area contributed by atoms with Crippen LogP contribution in [0.5, 0.6) is 0 Å². The fourth-order valence-corrected chi connectivity index (χ4v) is 1.16. The highest BCUT2D eigenvalue weighted by molar-refractivity contribution is 5.73. The number of aliphatic hydroxyl groups is 2. The van der Waals surface area contributed by atoms with E-state index in [9.17, 15) is 18.7 Å². The van der Waals surface area contributed by atoms with E-state index < -0.39 is 24.6 Å². The smallest absolute Gasteiger partial charge is 0.335 e. The van der Waals surface area contributed by atoms with Gasteiger partial charge in [-0.3, -0.25) is 0 Å². The lowest BCUT2D eigenvalue weighted by Gasteiger charge is -2.14. The SMILES string of the molecule is O=C(O)C(O)C(O)c1ccc(C(F)F)cc1. The van der Waals surface area contributed by atoms with Gasteiger partial charge in [0.25, 0.3) is 6.43 Å². The topological polar surface area (TPSA) is 77.8 Å². The van der Waals surface area contributed by atoms with E-state index in [2.05, 4.69) is 0 Å². The number of carboxylic acid groups (broad SMARTS) is 1. The number of carbonyl (C=O) groups is 1. The van der Waals surface area contributed by atoms with Gasteiger partial charge in [0.15, 0.2) is 6.10 Å². The molecule has 0 saturated carbocycles. The number of aliphatic hydroxyl groups excluding tert-OH is 2. The zero-order chi connectivity index (χ0) is 12.3. The predicted octanol–water partition coefficient (Wildman–Crippen LogP) is 1.10. The Bertz CT molecular complexity index is 364. The summed E-state index contributed by atoms with van der Waals surface area (Å²) in [5.74, 6) is -1.58. The van der Waals surface area contributed by atoms with E-state index in [1.165, 1.54) is 0 Å². The standard InChI is InChI=1S/C10H10F2O4/c11-9(12)6-3-1-5(2-4-6)7(13)8(14)10(15)16/h1-4,7-9,13-14H,(H,15,16). The van der Waals surface area contributed by atoms with Crippen molar-refractivity contribution in [3.63, 3.8) is 0 Å². The van der Waals surface area contributed by atoms with Crippen molar-refractivity contribution in [3.8, 4) is 0 Å². The molecule has 2 atom stereocenters. The Morgan fingerprint density at radius 1 is 1.06 bits per heavy atom. The summed E-state index contributed by atoms with van der Waals surface area (Å²) in [6.07, 6.45) is -6.24. The molecule has 0 aliphatic carbocycles. The highest BCUT2D eigenvalue weighted by atomic mass is 19.3. The summed E-state index contributed by atoms with van der Waals surface area (Å²) in [5.41, 5.74) is -0.167. The molecule has 0 aliphatic rings. The second kappa shape index (κ2) is 5.00. The molecule has 0 radical (unpaired) electrons. The Hall–Kier alpha value is -1.53. The molecule has 2 unspecified atom stereocenters. The number of halogens is 2. The van der Waals surface area contributed by atoms with Crippen molar-refractivity contribution in [2.45, 2.75) is 18.6 Å². The molecule has 3 N–H and O–H groups in total. The van der Waals surface area contributed by atoms with E-state index in [0.717, 1.165) is 24.3 Å².